The Hall–Kier alpha value is -2.88. The molecule has 0 aliphatic carbocycles. The summed E-state index contributed by atoms with van der Waals surface area (Å²) in [6.07, 6.45) is -3.83. The largest absolute Gasteiger partial charge is 0.493 e. The van der Waals surface area contributed by atoms with Crippen LogP contribution in [-0.4, -0.2) is 45.4 Å². The fraction of sp³-hybridized carbons (Fsp3) is 0.368. The Balaban J connectivity index is 1.81. The Bertz CT molecular complexity index is 879. The maximum Gasteiger partial charge on any atom is 0.417 e. The summed E-state index contributed by atoms with van der Waals surface area (Å²) < 4.78 is 53.7. The van der Waals surface area contributed by atoms with Crippen molar-refractivity contribution in [1.29, 1.82) is 0 Å². The Labute approximate surface area is 177 Å². The molecule has 0 aliphatic rings. The number of aliphatic imine (C=N–C) groups is 1. The molecule has 1 aromatic heterocycles. The second-order valence-corrected chi connectivity index (χ2v) is 6.31. The second-order valence-electron chi connectivity index (χ2n) is 5.90. The van der Waals surface area contributed by atoms with Gasteiger partial charge in [-0.05, 0) is 23.8 Å². The van der Waals surface area contributed by atoms with Gasteiger partial charge in [0.05, 0.1) is 26.3 Å². The van der Waals surface area contributed by atoms with Gasteiger partial charge in [-0.25, -0.2) is 4.98 Å². The van der Waals surface area contributed by atoms with E-state index in [9.17, 15) is 13.2 Å². The van der Waals surface area contributed by atoms with Gasteiger partial charge in [0.2, 0.25) is 5.88 Å². The Morgan fingerprint density at radius 3 is 2.47 bits per heavy atom. The van der Waals surface area contributed by atoms with Gasteiger partial charge in [0.1, 0.15) is 11.6 Å². The summed E-state index contributed by atoms with van der Waals surface area (Å²) in [5.74, 6) is 1.70. The predicted molar refractivity (Wildman–Crippen MR) is 107 cm³/mol. The highest BCUT2D eigenvalue weighted by Crippen LogP contribution is 2.33. The normalized spacial score (nSPS) is 11.8. The molecule has 0 bridgehead atoms. The molecule has 1 heterocycles. The van der Waals surface area contributed by atoms with Crippen molar-refractivity contribution in [2.75, 3.05) is 34.4 Å². The number of benzene rings is 1. The molecular formula is C19H22ClF3N4O3. The SMILES string of the molecule is CN=C(NCCOc1ncc(C(F)(F)F)cc1Cl)NCc1ccc(OC)c(OC)c1. The van der Waals surface area contributed by atoms with Crippen LogP contribution in [0.3, 0.4) is 0 Å². The van der Waals surface area contributed by atoms with Gasteiger partial charge in [0, 0.05) is 19.8 Å². The van der Waals surface area contributed by atoms with Crippen molar-refractivity contribution in [2.24, 2.45) is 4.99 Å². The van der Waals surface area contributed by atoms with E-state index in [0.29, 0.717) is 36.7 Å². The van der Waals surface area contributed by atoms with E-state index in [2.05, 4.69) is 20.6 Å². The third-order valence-electron chi connectivity index (χ3n) is 3.90. The maximum atomic E-state index is 12.6. The number of hydrogen-bond donors (Lipinski definition) is 2. The minimum atomic E-state index is -4.51. The number of pyridine rings is 1. The van der Waals surface area contributed by atoms with Gasteiger partial charge in [-0.15, -0.1) is 0 Å². The van der Waals surface area contributed by atoms with Crippen molar-refractivity contribution < 1.29 is 27.4 Å². The standard InChI is InChI=1S/C19H22ClF3N4O3/c1-24-18(27-10-12-4-5-15(28-2)16(8-12)29-3)25-6-7-30-17-14(20)9-13(11-26-17)19(21,22)23/h4-5,8-9,11H,6-7,10H2,1-3H3,(H2,24,25,27). The van der Waals surface area contributed by atoms with E-state index in [1.54, 1.807) is 27.3 Å². The predicted octanol–water partition coefficient (Wildman–Crippen LogP) is 3.52. The van der Waals surface area contributed by atoms with Crippen LogP contribution >= 0.6 is 11.6 Å². The summed E-state index contributed by atoms with van der Waals surface area (Å²) in [4.78, 5) is 7.71. The fourth-order valence-electron chi connectivity index (χ4n) is 2.40. The lowest BCUT2D eigenvalue weighted by Crippen LogP contribution is -2.38. The summed E-state index contributed by atoms with van der Waals surface area (Å²) >= 11 is 5.80. The summed E-state index contributed by atoms with van der Waals surface area (Å²) in [6.45, 7) is 0.924. The molecule has 164 valence electrons. The number of alkyl halides is 3. The number of methoxy groups -OCH3 is 2. The van der Waals surface area contributed by atoms with Crippen molar-refractivity contribution >= 4 is 17.6 Å². The first-order valence-corrected chi connectivity index (χ1v) is 9.17. The highest BCUT2D eigenvalue weighted by Gasteiger charge is 2.31. The molecule has 1 aromatic carbocycles. The number of ether oxygens (including phenoxy) is 3. The Morgan fingerprint density at radius 1 is 1.13 bits per heavy atom. The van der Waals surface area contributed by atoms with E-state index < -0.39 is 11.7 Å². The lowest BCUT2D eigenvalue weighted by Gasteiger charge is -2.14. The third-order valence-corrected chi connectivity index (χ3v) is 4.17. The van der Waals surface area contributed by atoms with E-state index in [1.807, 2.05) is 12.1 Å². The molecule has 0 radical (unpaired) electrons. The average Bonchev–Trinajstić information content (AvgIpc) is 2.73. The quantitative estimate of drug-likeness (QED) is 0.367. The first kappa shape index (κ1) is 23.4. The topological polar surface area (TPSA) is 77.0 Å². The molecule has 7 nitrogen and oxygen atoms in total. The molecule has 0 spiro atoms. The van der Waals surface area contributed by atoms with Gasteiger partial charge in [-0.3, -0.25) is 4.99 Å². The van der Waals surface area contributed by atoms with E-state index in [-0.39, 0.29) is 17.5 Å². The summed E-state index contributed by atoms with van der Waals surface area (Å²) in [6, 6.07) is 6.32. The van der Waals surface area contributed by atoms with Crippen LogP contribution < -0.4 is 24.8 Å². The van der Waals surface area contributed by atoms with Gasteiger partial charge in [0.15, 0.2) is 17.5 Å². The Kier molecular flexibility index (Phi) is 8.40. The molecule has 0 unspecified atom stereocenters. The van der Waals surface area contributed by atoms with Crippen molar-refractivity contribution in [3.05, 3.63) is 46.6 Å². The average molecular weight is 447 g/mol. The van der Waals surface area contributed by atoms with E-state index in [0.717, 1.165) is 11.6 Å². The zero-order valence-electron chi connectivity index (χ0n) is 16.6. The second kappa shape index (κ2) is 10.8. The van der Waals surface area contributed by atoms with Crippen molar-refractivity contribution in [1.82, 2.24) is 15.6 Å². The van der Waals surface area contributed by atoms with Crippen LogP contribution in [0, 0.1) is 0 Å². The molecule has 0 fully saturated rings. The zero-order chi connectivity index (χ0) is 22.1. The highest BCUT2D eigenvalue weighted by molar-refractivity contribution is 6.31. The third kappa shape index (κ3) is 6.58. The first-order chi connectivity index (χ1) is 14.3. The molecule has 0 saturated heterocycles. The molecular weight excluding hydrogens is 425 g/mol. The number of guanidine groups is 1. The van der Waals surface area contributed by atoms with Crippen molar-refractivity contribution in [2.45, 2.75) is 12.7 Å². The molecule has 2 rings (SSSR count). The van der Waals surface area contributed by atoms with Crippen LogP contribution in [0.2, 0.25) is 5.02 Å². The monoisotopic (exact) mass is 446 g/mol. The molecule has 2 aromatic rings. The number of hydrogen-bond acceptors (Lipinski definition) is 5. The van der Waals surface area contributed by atoms with Gasteiger partial charge in [-0.1, -0.05) is 17.7 Å². The van der Waals surface area contributed by atoms with Gasteiger partial charge in [-0.2, -0.15) is 13.2 Å². The van der Waals surface area contributed by atoms with E-state index >= 15 is 0 Å². The number of nitrogens with one attached hydrogen (secondary N) is 2. The van der Waals surface area contributed by atoms with Gasteiger partial charge < -0.3 is 24.8 Å². The molecule has 2 N–H and O–H groups in total. The maximum absolute atomic E-state index is 12.6. The summed E-state index contributed by atoms with van der Waals surface area (Å²) in [5, 5.41) is 5.94. The number of nitrogens with zero attached hydrogens (tertiary/aromatic N) is 2. The zero-order valence-corrected chi connectivity index (χ0v) is 17.4. The Morgan fingerprint density at radius 2 is 1.87 bits per heavy atom. The smallest absolute Gasteiger partial charge is 0.417 e. The van der Waals surface area contributed by atoms with Crippen LogP contribution in [0.5, 0.6) is 17.4 Å². The summed E-state index contributed by atoms with van der Waals surface area (Å²) in [7, 11) is 4.74. The first-order valence-electron chi connectivity index (χ1n) is 8.79. The van der Waals surface area contributed by atoms with E-state index in [1.165, 1.54) is 0 Å². The van der Waals surface area contributed by atoms with Crippen LogP contribution in [0.1, 0.15) is 11.1 Å². The van der Waals surface area contributed by atoms with Crippen molar-refractivity contribution in [3.63, 3.8) is 0 Å². The molecule has 0 saturated carbocycles. The molecule has 0 aliphatic heterocycles. The molecule has 11 heteroatoms. The summed E-state index contributed by atoms with van der Waals surface area (Å²) in [5.41, 5.74) is 0.0188. The lowest BCUT2D eigenvalue weighted by atomic mass is 10.2. The minimum Gasteiger partial charge on any atom is -0.493 e. The van der Waals surface area contributed by atoms with E-state index in [4.69, 9.17) is 25.8 Å². The lowest BCUT2D eigenvalue weighted by molar-refractivity contribution is -0.137. The van der Waals surface area contributed by atoms with Crippen molar-refractivity contribution in [3.8, 4) is 17.4 Å². The number of aromatic nitrogens is 1. The minimum absolute atomic E-state index is 0.0697. The molecule has 30 heavy (non-hydrogen) atoms. The van der Waals surface area contributed by atoms with Crippen LogP contribution in [-0.2, 0) is 12.7 Å². The van der Waals surface area contributed by atoms with Crippen LogP contribution in [0.25, 0.3) is 0 Å². The fourth-order valence-corrected chi connectivity index (χ4v) is 2.62. The molecule has 0 atom stereocenters. The van der Waals surface area contributed by atoms with Crippen LogP contribution in [0.4, 0.5) is 13.2 Å². The highest BCUT2D eigenvalue weighted by atomic mass is 35.5. The number of halogens is 4. The van der Waals surface area contributed by atoms with Crippen LogP contribution in [0.15, 0.2) is 35.5 Å². The van der Waals surface area contributed by atoms with Gasteiger partial charge >= 0.3 is 6.18 Å². The molecule has 0 amide bonds. The van der Waals surface area contributed by atoms with Gasteiger partial charge in [0.25, 0.3) is 0 Å². The number of rotatable bonds is 8.